The molecule has 35 heavy (non-hydrogen) atoms. The maximum Gasteiger partial charge on any atom is 0.228 e. The number of fused-ring (bicyclic) bond motifs is 1. The Morgan fingerprint density at radius 2 is 1.77 bits per heavy atom. The van der Waals surface area contributed by atoms with E-state index in [1.165, 1.54) is 0 Å². The van der Waals surface area contributed by atoms with Crippen molar-refractivity contribution < 1.29 is 23.7 Å². The normalized spacial score (nSPS) is 16.2. The number of rotatable bonds is 6. The van der Waals surface area contributed by atoms with Gasteiger partial charge < -0.3 is 29.6 Å². The quantitative estimate of drug-likeness (QED) is 0.546. The number of amides is 1. The second-order valence-electron chi connectivity index (χ2n) is 8.87. The van der Waals surface area contributed by atoms with Crippen LogP contribution in [0.4, 0.5) is 5.69 Å². The van der Waals surface area contributed by atoms with Gasteiger partial charge in [-0.2, -0.15) is 0 Å². The standard InChI is InChI=1S/C28H30N2O5/c1-32-25-8-6-19(14-26(25)33-2)15-27(31)30-23-5-3-4-20(17-23)21-7-9-24-22(16-21)18-34-28(35-24)10-12-29-13-11-28/h3-9,14,16-17,29H,10-13,15,18H2,1-2H3,(H,30,31). The molecule has 2 N–H and O–H groups in total. The van der Waals surface area contributed by atoms with Crippen LogP contribution in [0, 0.1) is 0 Å². The van der Waals surface area contributed by atoms with Gasteiger partial charge in [-0.25, -0.2) is 0 Å². The molecule has 0 aliphatic carbocycles. The molecule has 0 atom stereocenters. The van der Waals surface area contributed by atoms with Crippen molar-refractivity contribution in [3.8, 4) is 28.4 Å². The summed E-state index contributed by atoms with van der Waals surface area (Å²) in [5.41, 5.74) is 4.69. The molecule has 1 spiro atoms. The minimum atomic E-state index is -0.502. The fourth-order valence-corrected chi connectivity index (χ4v) is 4.62. The summed E-state index contributed by atoms with van der Waals surface area (Å²) in [6, 6.07) is 19.5. The molecule has 2 aliphatic heterocycles. The molecule has 2 heterocycles. The second-order valence-corrected chi connectivity index (χ2v) is 8.87. The van der Waals surface area contributed by atoms with Crippen LogP contribution >= 0.6 is 0 Å². The van der Waals surface area contributed by atoms with Crippen LogP contribution in [0.2, 0.25) is 0 Å². The van der Waals surface area contributed by atoms with Crippen molar-refractivity contribution in [3.63, 3.8) is 0 Å². The molecule has 2 aliphatic rings. The van der Waals surface area contributed by atoms with E-state index in [9.17, 15) is 4.79 Å². The SMILES string of the molecule is COc1ccc(CC(=O)Nc2cccc(-c3ccc4c(c3)COC3(CCNCC3)O4)c2)cc1OC. The molecule has 7 nitrogen and oxygen atoms in total. The van der Waals surface area contributed by atoms with Crippen molar-refractivity contribution in [2.24, 2.45) is 0 Å². The zero-order valence-electron chi connectivity index (χ0n) is 20.1. The Morgan fingerprint density at radius 3 is 2.57 bits per heavy atom. The van der Waals surface area contributed by atoms with Gasteiger partial charge in [0.05, 0.1) is 27.2 Å². The maximum absolute atomic E-state index is 12.7. The van der Waals surface area contributed by atoms with Gasteiger partial charge in [0.2, 0.25) is 11.7 Å². The highest BCUT2D eigenvalue weighted by atomic mass is 16.7. The molecule has 7 heteroatoms. The molecule has 3 aromatic carbocycles. The van der Waals surface area contributed by atoms with Crippen molar-refractivity contribution in [1.82, 2.24) is 5.32 Å². The summed E-state index contributed by atoms with van der Waals surface area (Å²) in [5.74, 6) is 1.52. The highest BCUT2D eigenvalue weighted by Crippen LogP contribution is 2.38. The first-order chi connectivity index (χ1) is 17.1. The van der Waals surface area contributed by atoms with E-state index in [2.05, 4.69) is 22.8 Å². The van der Waals surface area contributed by atoms with Gasteiger partial charge in [-0.15, -0.1) is 0 Å². The van der Waals surface area contributed by atoms with Crippen molar-refractivity contribution in [2.75, 3.05) is 32.6 Å². The summed E-state index contributed by atoms with van der Waals surface area (Å²) >= 11 is 0. The predicted molar refractivity (Wildman–Crippen MR) is 134 cm³/mol. The minimum absolute atomic E-state index is 0.103. The van der Waals surface area contributed by atoms with E-state index in [0.717, 1.165) is 59.6 Å². The van der Waals surface area contributed by atoms with E-state index in [4.69, 9.17) is 18.9 Å². The molecular formula is C28H30N2O5. The first kappa shape index (κ1) is 23.2. The monoisotopic (exact) mass is 474 g/mol. The number of ether oxygens (including phenoxy) is 4. The van der Waals surface area contributed by atoms with Crippen LogP contribution in [-0.2, 0) is 22.6 Å². The summed E-state index contributed by atoms with van der Waals surface area (Å²) in [5, 5.41) is 6.35. The highest BCUT2D eigenvalue weighted by molar-refractivity contribution is 5.93. The average Bonchev–Trinajstić information content (AvgIpc) is 2.89. The van der Waals surface area contributed by atoms with Crippen LogP contribution in [0.1, 0.15) is 24.0 Å². The molecule has 5 rings (SSSR count). The van der Waals surface area contributed by atoms with Crippen LogP contribution in [-0.4, -0.2) is 39.0 Å². The molecule has 182 valence electrons. The number of carbonyl (C=O) groups is 1. The average molecular weight is 475 g/mol. The number of methoxy groups -OCH3 is 2. The van der Waals surface area contributed by atoms with Crippen LogP contribution in [0.25, 0.3) is 11.1 Å². The Hall–Kier alpha value is -3.55. The molecule has 1 saturated heterocycles. The van der Waals surface area contributed by atoms with Crippen molar-refractivity contribution >= 4 is 11.6 Å². The molecule has 0 radical (unpaired) electrons. The number of hydrogen-bond acceptors (Lipinski definition) is 6. The van der Waals surface area contributed by atoms with Gasteiger partial charge in [0.1, 0.15) is 5.75 Å². The fourth-order valence-electron chi connectivity index (χ4n) is 4.62. The lowest BCUT2D eigenvalue weighted by molar-refractivity contribution is -0.218. The highest BCUT2D eigenvalue weighted by Gasteiger charge is 2.38. The lowest BCUT2D eigenvalue weighted by Crippen LogP contribution is -2.49. The number of benzene rings is 3. The lowest BCUT2D eigenvalue weighted by Gasteiger charge is -2.41. The molecule has 0 unspecified atom stereocenters. The first-order valence-electron chi connectivity index (χ1n) is 11.9. The van der Waals surface area contributed by atoms with Crippen molar-refractivity contribution in [2.45, 2.75) is 31.7 Å². The summed E-state index contributed by atoms with van der Waals surface area (Å²) < 4.78 is 23.0. The zero-order valence-corrected chi connectivity index (χ0v) is 20.1. The van der Waals surface area contributed by atoms with Crippen molar-refractivity contribution in [1.29, 1.82) is 0 Å². The zero-order chi connectivity index (χ0) is 24.3. The second kappa shape index (κ2) is 9.98. The van der Waals surface area contributed by atoms with Gasteiger partial charge in [-0.05, 0) is 53.1 Å². The van der Waals surface area contributed by atoms with Gasteiger partial charge >= 0.3 is 0 Å². The fraction of sp³-hybridized carbons (Fsp3) is 0.321. The van der Waals surface area contributed by atoms with Gasteiger partial charge in [0.15, 0.2) is 11.5 Å². The molecule has 0 aromatic heterocycles. The third kappa shape index (κ3) is 5.11. The van der Waals surface area contributed by atoms with Gasteiger partial charge in [0.25, 0.3) is 0 Å². The Labute approximate surface area is 205 Å². The smallest absolute Gasteiger partial charge is 0.228 e. The lowest BCUT2D eigenvalue weighted by atomic mass is 9.99. The summed E-state index contributed by atoms with van der Waals surface area (Å²) in [6.07, 6.45) is 1.92. The molecular weight excluding hydrogens is 444 g/mol. The van der Waals surface area contributed by atoms with Crippen molar-refractivity contribution in [3.05, 3.63) is 71.8 Å². The van der Waals surface area contributed by atoms with Crippen LogP contribution < -0.4 is 24.8 Å². The van der Waals surface area contributed by atoms with E-state index in [0.29, 0.717) is 18.1 Å². The van der Waals surface area contributed by atoms with E-state index < -0.39 is 5.79 Å². The maximum atomic E-state index is 12.7. The topological polar surface area (TPSA) is 78.1 Å². The first-order valence-corrected chi connectivity index (χ1v) is 11.9. The Kier molecular flexibility index (Phi) is 6.61. The van der Waals surface area contributed by atoms with E-state index in [1.807, 2.05) is 42.5 Å². The van der Waals surface area contributed by atoms with Gasteiger partial charge in [-0.1, -0.05) is 24.3 Å². The van der Waals surface area contributed by atoms with Gasteiger partial charge in [0, 0.05) is 37.2 Å². The predicted octanol–water partition coefficient (Wildman–Crippen LogP) is 4.54. The Morgan fingerprint density at radius 1 is 0.971 bits per heavy atom. The Balaban J connectivity index is 1.27. The summed E-state index contributed by atoms with van der Waals surface area (Å²) in [4.78, 5) is 12.7. The van der Waals surface area contributed by atoms with E-state index >= 15 is 0 Å². The van der Waals surface area contributed by atoms with E-state index in [1.54, 1.807) is 20.3 Å². The van der Waals surface area contributed by atoms with Gasteiger partial charge in [-0.3, -0.25) is 4.79 Å². The van der Waals surface area contributed by atoms with E-state index in [-0.39, 0.29) is 12.3 Å². The molecule has 0 saturated carbocycles. The number of carbonyl (C=O) groups excluding carboxylic acids is 1. The minimum Gasteiger partial charge on any atom is -0.493 e. The van der Waals surface area contributed by atoms with Crippen LogP contribution in [0.5, 0.6) is 17.2 Å². The molecule has 0 bridgehead atoms. The molecule has 1 fully saturated rings. The molecule has 1 amide bonds. The van der Waals surface area contributed by atoms with Crippen LogP contribution in [0.15, 0.2) is 60.7 Å². The van der Waals surface area contributed by atoms with Crippen LogP contribution in [0.3, 0.4) is 0 Å². The Bertz CT molecular complexity index is 1220. The number of piperidine rings is 1. The largest absolute Gasteiger partial charge is 0.493 e. The number of anilines is 1. The third-order valence-electron chi connectivity index (χ3n) is 6.50. The molecule has 3 aromatic rings. The number of nitrogens with one attached hydrogen (secondary N) is 2. The number of hydrogen-bond donors (Lipinski definition) is 2. The summed E-state index contributed by atoms with van der Waals surface area (Å²) in [7, 11) is 3.17. The third-order valence-corrected chi connectivity index (χ3v) is 6.50. The summed E-state index contributed by atoms with van der Waals surface area (Å²) in [6.45, 7) is 2.33.